The van der Waals surface area contributed by atoms with Gasteiger partial charge in [0.25, 0.3) is 5.56 Å². The fraction of sp³-hybridized carbons (Fsp3) is 0.0588. The fourth-order valence-electron chi connectivity index (χ4n) is 2.40. The van der Waals surface area contributed by atoms with Crippen LogP contribution in [0.15, 0.2) is 64.7 Å². The van der Waals surface area contributed by atoms with Crippen molar-refractivity contribution in [3.05, 3.63) is 76.6 Å². The van der Waals surface area contributed by atoms with Gasteiger partial charge in [-0.25, -0.2) is 14.4 Å². The van der Waals surface area contributed by atoms with Gasteiger partial charge in [0.1, 0.15) is 11.5 Å². The summed E-state index contributed by atoms with van der Waals surface area (Å²) >= 11 is 1.33. The van der Waals surface area contributed by atoms with Crippen LogP contribution in [0.4, 0.5) is 4.39 Å². The summed E-state index contributed by atoms with van der Waals surface area (Å²) in [4.78, 5) is 20.8. The van der Waals surface area contributed by atoms with Crippen LogP contribution < -0.4 is 5.56 Å². The summed E-state index contributed by atoms with van der Waals surface area (Å²) in [6.07, 6.45) is 1.68. The van der Waals surface area contributed by atoms with Gasteiger partial charge in [0.05, 0.1) is 11.3 Å². The van der Waals surface area contributed by atoms with Crippen molar-refractivity contribution in [3.63, 3.8) is 0 Å². The van der Waals surface area contributed by atoms with Gasteiger partial charge in [0.2, 0.25) is 5.16 Å². The minimum absolute atomic E-state index is 0.136. The first-order valence-electron chi connectivity index (χ1n) is 7.48. The molecule has 0 saturated heterocycles. The van der Waals surface area contributed by atoms with Gasteiger partial charge in [-0.1, -0.05) is 30.0 Å². The lowest BCUT2D eigenvalue weighted by Gasteiger charge is -2.02. The lowest BCUT2D eigenvalue weighted by Crippen LogP contribution is -2.14. The normalized spacial score (nSPS) is 11.1. The molecule has 6 nitrogen and oxygen atoms in total. The summed E-state index contributed by atoms with van der Waals surface area (Å²) in [5, 5.41) is 7.28. The second kappa shape index (κ2) is 6.48. The van der Waals surface area contributed by atoms with Gasteiger partial charge < -0.3 is 0 Å². The van der Waals surface area contributed by atoms with E-state index in [4.69, 9.17) is 0 Å². The number of nitrogens with one attached hydrogen (secondary N) is 1. The highest BCUT2D eigenvalue weighted by molar-refractivity contribution is 7.98. The van der Waals surface area contributed by atoms with Gasteiger partial charge in [-0.05, 0) is 24.3 Å². The Morgan fingerprint density at radius 3 is 2.84 bits per heavy atom. The van der Waals surface area contributed by atoms with Crippen LogP contribution in [0.2, 0.25) is 0 Å². The summed E-state index contributed by atoms with van der Waals surface area (Å²) in [5.41, 5.74) is 1.46. The topological polar surface area (TPSA) is 75.9 Å². The van der Waals surface area contributed by atoms with E-state index < -0.39 is 0 Å². The molecule has 0 radical (unpaired) electrons. The predicted molar refractivity (Wildman–Crippen MR) is 92.8 cm³/mol. The quantitative estimate of drug-likeness (QED) is 0.571. The number of hydrogen-bond donors (Lipinski definition) is 1. The monoisotopic (exact) mass is 353 g/mol. The van der Waals surface area contributed by atoms with E-state index in [0.717, 1.165) is 0 Å². The highest BCUT2D eigenvalue weighted by Gasteiger charge is 2.11. The molecule has 0 aliphatic rings. The van der Waals surface area contributed by atoms with E-state index in [-0.39, 0.29) is 11.4 Å². The van der Waals surface area contributed by atoms with Crippen LogP contribution in [0.1, 0.15) is 5.69 Å². The van der Waals surface area contributed by atoms with E-state index in [1.54, 1.807) is 36.5 Å². The van der Waals surface area contributed by atoms with Crippen LogP contribution >= 0.6 is 11.8 Å². The number of rotatable bonds is 4. The molecule has 0 atom stereocenters. The highest BCUT2D eigenvalue weighted by Crippen LogP contribution is 2.23. The zero-order chi connectivity index (χ0) is 17.2. The number of aromatic nitrogens is 5. The van der Waals surface area contributed by atoms with Gasteiger partial charge in [-0.2, -0.15) is 0 Å². The number of hydrogen-bond acceptors (Lipinski definition) is 5. The molecule has 0 spiro atoms. The number of benzene rings is 1. The third-order valence-electron chi connectivity index (χ3n) is 3.57. The van der Waals surface area contributed by atoms with Crippen molar-refractivity contribution in [2.24, 2.45) is 0 Å². The summed E-state index contributed by atoms with van der Waals surface area (Å²) in [6, 6.07) is 13.2. The van der Waals surface area contributed by atoms with Crippen molar-refractivity contribution in [1.82, 2.24) is 24.6 Å². The van der Waals surface area contributed by atoms with Crippen LogP contribution in [0.5, 0.6) is 0 Å². The maximum atomic E-state index is 13.8. The SMILES string of the molecule is O=c1cc(CSc2n[nH]c(-c3ccccc3F)n2)nc2ccccn12. The Morgan fingerprint density at radius 2 is 1.96 bits per heavy atom. The average molecular weight is 353 g/mol. The van der Waals surface area contributed by atoms with Gasteiger partial charge in [0.15, 0.2) is 5.82 Å². The first-order chi connectivity index (χ1) is 12.2. The zero-order valence-corrected chi connectivity index (χ0v) is 13.7. The standard InChI is InChI=1S/C17H12FN5OS/c18-13-6-2-1-5-12(13)16-20-17(22-21-16)25-10-11-9-15(24)23-8-4-3-7-14(23)19-11/h1-9H,10H2,(H,20,21,22). The lowest BCUT2D eigenvalue weighted by atomic mass is 10.2. The van der Waals surface area contributed by atoms with Gasteiger partial charge in [0, 0.05) is 18.0 Å². The van der Waals surface area contributed by atoms with E-state index >= 15 is 0 Å². The van der Waals surface area contributed by atoms with E-state index in [1.807, 2.05) is 6.07 Å². The largest absolute Gasteiger partial charge is 0.269 e. The second-order valence-electron chi connectivity index (χ2n) is 5.25. The van der Waals surface area contributed by atoms with Crippen molar-refractivity contribution in [1.29, 1.82) is 0 Å². The minimum Gasteiger partial charge on any atom is -0.269 e. The Balaban J connectivity index is 1.55. The Morgan fingerprint density at radius 1 is 1.12 bits per heavy atom. The smallest absolute Gasteiger partial charge is 0.258 e. The molecule has 0 aliphatic heterocycles. The Labute approximate surface area is 145 Å². The molecule has 3 aromatic heterocycles. The Hall–Kier alpha value is -3.00. The van der Waals surface area contributed by atoms with Crippen molar-refractivity contribution < 1.29 is 4.39 Å². The van der Waals surface area contributed by atoms with Gasteiger partial charge in [-0.15, -0.1) is 5.10 Å². The number of fused-ring (bicyclic) bond motifs is 1. The first kappa shape index (κ1) is 15.5. The molecule has 0 bridgehead atoms. The first-order valence-corrected chi connectivity index (χ1v) is 8.47. The molecule has 0 saturated carbocycles. The van der Waals surface area contributed by atoms with Crippen molar-refractivity contribution in [2.45, 2.75) is 10.9 Å². The van der Waals surface area contributed by atoms with Crippen LogP contribution in [0, 0.1) is 5.82 Å². The summed E-state index contributed by atoms with van der Waals surface area (Å²) in [7, 11) is 0. The molecule has 8 heteroatoms. The molecule has 4 aromatic rings. The van der Waals surface area contributed by atoms with E-state index in [2.05, 4.69) is 20.2 Å². The molecule has 25 heavy (non-hydrogen) atoms. The summed E-state index contributed by atoms with van der Waals surface area (Å²) in [5.74, 6) is 0.446. The van der Waals surface area contributed by atoms with Crippen LogP contribution in [0.25, 0.3) is 17.0 Å². The molecule has 4 rings (SSSR count). The molecule has 1 N–H and O–H groups in total. The minimum atomic E-state index is -0.362. The number of H-pyrrole nitrogens is 1. The summed E-state index contributed by atoms with van der Waals surface area (Å²) < 4.78 is 15.3. The molecular formula is C17H12FN5OS. The van der Waals surface area contributed by atoms with Crippen LogP contribution in [0.3, 0.4) is 0 Å². The van der Waals surface area contributed by atoms with Crippen LogP contribution in [-0.4, -0.2) is 24.6 Å². The van der Waals surface area contributed by atoms with Crippen molar-refractivity contribution in [2.75, 3.05) is 0 Å². The number of aromatic amines is 1. The third-order valence-corrected chi connectivity index (χ3v) is 4.45. The maximum Gasteiger partial charge on any atom is 0.258 e. The number of thioether (sulfide) groups is 1. The Bertz CT molecular complexity index is 1110. The fourth-order valence-corrected chi connectivity index (χ4v) is 3.09. The van der Waals surface area contributed by atoms with Crippen molar-refractivity contribution in [3.8, 4) is 11.4 Å². The molecular weight excluding hydrogens is 341 g/mol. The number of nitrogens with zero attached hydrogens (tertiary/aromatic N) is 4. The molecule has 124 valence electrons. The van der Waals surface area contributed by atoms with Gasteiger partial charge >= 0.3 is 0 Å². The predicted octanol–water partition coefficient (Wildman–Crippen LogP) is 2.91. The molecule has 1 aromatic carbocycles. The lowest BCUT2D eigenvalue weighted by molar-refractivity contribution is 0.630. The zero-order valence-electron chi connectivity index (χ0n) is 12.9. The second-order valence-corrected chi connectivity index (χ2v) is 6.19. The third kappa shape index (κ3) is 3.16. The molecule has 0 aliphatic carbocycles. The van der Waals surface area contributed by atoms with E-state index in [1.165, 1.54) is 28.3 Å². The average Bonchev–Trinajstić information content (AvgIpc) is 3.09. The van der Waals surface area contributed by atoms with Crippen molar-refractivity contribution >= 4 is 17.4 Å². The summed E-state index contributed by atoms with van der Waals surface area (Å²) in [6.45, 7) is 0. The molecule has 0 unspecified atom stereocenters. The Kier molecular flexibility index (Phi) is 4.02. The van der Waals surface area contributed by atoms with Crippen LogP contribution in [-0.2, 0) is 5.75 Å². The van der Waals surface area contributed by atoms with E-state index in [0.29, 0.717) is 33.6 Å². The maximum absolute atomic E-state index is 13.8. The van der Waals surface area contributed by atoms with Gasteiger partial charge in [-0.3, -0.25) is 14.3 Å². The molecule has 0 fully saturated rings. The highest BCUT2D eigenvalue weighted by atomic mass is 32.2. The molecule has 0 amide bonds. The number of pyridine rings is 1. The van der Waals surface area contributed by atoms with E-state index in [9.17, 15) is 9.18 Å². The molecule has 3 heterocycles. The number of halogens is 1.